The van der Waals surface area contributed by atoms with Crippen LogP contribution in [-0.4, -0.2) is 63.4 Å². The Kier molecular flexibility index (Phi) is 11.7. The average molecular weight is 593 g/mol. The monoisotopic (exact) mass is 592 g/mol. The topological polar surface area (TPSA) is 149 Å². The predicted octanol–water partition coefficient (Wildman–Crippen LogP) is 4.68. The zero-order chi connectivity index (χ0) is 30.8. The first-order valence-electron chi connectivity index (χ1n) is 14.5. The standard InChI is InChI=1S/C33H40N2O8/c1-35(20-29(38)24-6-5-9-27(37)17-24)19-28-18-30(23-14-12-22(21-36)13-15-23)43-33(42-28)25-7-4-8-26(16-25)34-31(39)10-2-3-11-32(40)41/h4-9,12-17,28-30,33,36-38H,2-3,10-11,18-21H2,1H3,(H,34,39)(H,40,41)/t28-,29+,30+,33+/m0/s1. The Balaban J connectivity index is 1.45. The number of unbranched alkanes of at least 4 members (excludes halogenated alkanes) is 1. The molecular weight excluding hydrogens is 552 g/mol. The lowest BCUT2D eigenvalue weighted by atomic mass is 9.99. The molecule has 5 N–H and O–H groups in total. The van der Waals surface area contributed by atoms with E-state index in [4.69, 9.17) is 14.6 Å². The first kappa shape index (κ1) is 32.1. The Bertz CT molecular complexity index is 1350. The lowest BCUT2D eigenvalue weighted by Crippen LogP contribution is -2.39. The molecule has 0 aliphatic carbocycles. The number of carboxylic acids is 1. The van der Waals surface area contributed by atoms with Crippen LogP contribution in [-0.2, 0) is 25.7 Å². The third-order valence-electron chi connectivity index (χ3n) is 7.36. The van der Waals surface area contributed by atoms with Crippen LogP contribution in [0.15, 0.2) is 72.8 Å². The summed E-state index contributed by atoms with van der Waals surface area (Å²) in [5.74, 6) is -0.971. The van der Waals surface area contributed by atoms with Gasteiger partial charge in [-0.05, 0) is 60.8 Å². The van der Waals surface area contributed by atoms with Crippen molar-refractivity contribution in [3.63, 3.8) is 0 Å². The fraction of sp³-hybridized carbons (Fsp3) is 0.394. The number of rotatable bonds is 14. The molecular formula is C33H40N2O8. The van der Waals surface area contributed by atoms with Gasteiger partial charge in [0.25, 0.3) is 0 Å². The number of anilines is 1. The Hall–Kier alpha value is -3.80. The molecule has 3 aromatic carbocycles. The number of aliphatic hydroxyl groups excluding tert-OH is 2. The van der Waals surface area contributed by atoms with Crippen molar-refractivity contribution in [2.45, 2.75) is 63.3 Å². The fourth-order valence-corrected chi connectivity index (χ4v) is 5.14. The Morgan fingerprint density at radius 2 is 1.72 bits per heavy atom. The maximum absolute atomic E-state index is 12.4. The molecule has 1 aliphatic heterocycles. The number of nitrogens with one attached hydrogen (secondary N) is 1. The third kappa shape index (κ3) is 9.87. The molecule has 4 rings (SSSR count). The van der Waals surface area contributed by atoms with E-state index in [9.17, 15) is 24.9 Å². The third-order valence-corrected chi connectivity index (χ3v) is 7.36. The summed E-state index contributed by atoms with van der Waals surface area (Å²) in [4.78, 5) is 25.1. The van der Waals surface area contributed by atoms with Crippen molar-refractivity contribution in [2.24, 2.45) is 0 Å². The number of benzene rings is 3. The van der Waals surface area contributed by atoms with Crippen LogP contribution >= 0.6 is 0 Å². The summed E-state index contributed by atoms with van der Waals surface area (Å²) in [5, 5.41) is 41.7. The lowest BCUT2D eigenvalue weighted by Gasteiger charge is -2.38. The minimum atomic E-state index is -0.875. The normalized spacial score (nSPS) is 19.2. The van der Waals surface area contributed by atoms with Gasteiger partial charge in [0.15, 0.2) is 6.29 Å². The number of hydrogen-bond donors (Lipinski definition) is 5. The van der Waals surface area contributed by atoms with Gasteiger partial charge in [0, 0.05) is 43.6 Å². The number of carbonyl (C=O) groups excluding carboxylic acids is 1. The molecule has 3 aromatic rings. The van der Waals surface area contributed by atoms with Gasteiger partial charge in [-0.15, -0.1) is 0 Å². The van der Waals surface area contributed by atoms with E-state index >= 15 is 0 Å². The summed E-state index contributed by atoms with van der Waals surface area (Å²) in [6.07, 6.45) is -0.321. The van der Waals surface area contributed by atoms with Crippen LogP contribution in [0.25, 0.3) is 0 Å². The molecule has 0 saturated carbocycles. The van der Waals surface area contributed by atoms with Crippen molar-refractivity contribution < 1.29 is 39.5 Å². The van der Waals surface area contributed by atoms with E-state index in [2.05, 4.69) is 5.32 Å². The van der Waals surface area contributed by atoms with Crippen LogP contribution in [0.4, 0.5) is 5.69 Å². The van der Waals surface area contributed by atoms with Crippen LogP contribution in [0.1, 0.15) is 72.9 Å². The minimum absolute atomic E-state index is 0.0359. The van der Waals surface area contributed by atoms with Crippen LogP contribution in [0.2, 0.25) is 0 Å². The molecule has 1 heterocycles. The molecule has 1 fully saturated rings. The number of phenolic OH excluding ortho intramolecular Hbond substituents is 1. The highest BCUT2D eigenvalue weighted by molar-refractivity contribution is 5.90. The van der Waals surface area contributed by atoms with E-state index in [1.165, 1.54) is 0 Å². The van der Waals surface area contributed by atoms with Gasteiger partial charge in [-0.2, -0.15) is 0 Å². The summed E-state index contributed by atoms with van der Waals surface area (Å²) >= 11 is 0. The number of nitrogens with zero attached hydrogens (tertiary/aromatic N) is 1. The lowest BCUT2D eigenvalue weighted by molar-refractivity contribution is -0.252. The number of ether oxygens (including phenoxy) is 2. The highest BCUT2D eigenvalue weighted by Gasteiger charge is 2.33. The zero-order valence-electron chi connectivity index (χ0n) is 24.3. The summed E-state index contributed by atoms with van der Waals surface area (Å²) < 4.78 is 12.8. The Morgan fingerprint density at radius 3 is 2.44 bits per heavy atom. The van der Waals surface area contributed by atoms with Gasteiger partial charge in [-0.1, -0.05) is 48.5 Å². The van der Waals surface area contributed by atoms with Gasteiger partial charge in [-0.25, -0.2) is 0 Å². The second-order valence-corrected chi connectivity index (χ2v) is 11.0. The molecule has 4 atom stereocenters. The molecule has 0 unspecified atom stereocenters. The van der Waals surface area contributed by atoms with Crippen molar-refractivity contribution in [1.82, 2.24) is 4.90 Å². The van der Waals surface area contributed by atoms with Gasteiger partial charge in [0.2, 0.25) is 5.91 Å². The number of aromatic hydroxyl groups is 1. The van der Waals surface area contributed by atoms with Crippen LogP contribution in [0.3, 0.4) is 0 Å². The molecule has 43 heavy (non-hydrogen) atoms. The van der Waals surface area contributed by atoms with Gasteiger partial charge in [0.05, 0.1) is 24.9 Å². The van der Waals surface area contributed by atoms with Gasteiger partial charge in [0.1, 0.15) is 5.75 Å². The molecule has 1 amide bonds. The van der Waals surface area contributed by atoms with Gasteiger partial charge >= 0.3 is 5.97 Å². The largest absolute Gasteiger partial charge is 0.508 e. The summed E-state index contributed by atoms with van der Waals surface area (Å²) in [7, 11) is 1.90. The minimum Gasteiger partial charge on any atom is -0.508 e. The van der Waals surface area contributed by atoms with E-state index < -0.39 is 18.4 Å². The SMILES string of the molecule is CN(C[C@@H]1C[C@H](c2ccc(CO)cc2)O[C@H](c2cccc(NC(=O)CCCCC(=O)O)c2)O1)C[C@@H](O)c1cccc(O)c1. The maximum Gasteiger partial charge on any atom is 0.303 e. The van der Waals surface area contributed by atoms with Crippen molar-refractivity contribution in [2.75, 3.05) is 25.5 Å². The number of hydrogen-bond acceptors (Lipinski definition) is 8. The van der Waals surface area contributed by atoms with Gasteiger partial charge < -0.3 is 40.1 Å². The number of aliphatic carboxylic acids is 1. The van der Waals surface area contributed by atoms with Crippen LogP contribution in [0, 0.1) is 0 Å². The van der Waals surface area contributed by atoms with Crippen LogP contribution in [0.5, 0.6) is 5.75 Å². The highest BCUT2D eigenvalue weighted by atomic mass is 16.7. The van der Waals surface area contributed by atoms with E-state index in [-0.39, 0.29) is 43.3 Å². The van der Waals surface area contributed by atoms with E-state index in [0.717, 1.165) is 16.7 Å². The molecule has 1 saturated heterocycles. The summed E-state index contributed by atoms with van der Waals surface area (Å²) in [6.45, 7) is 0.789. The number of carbonyl (C=O) groups is 2. The number of carboxylic acid groups (broad SMARTS) is 1. The van der Waals surface area contributed by atoms with Crippen molar-refractivity contribution in [3.05, 3.63) is 95.1 Å². The average Bonchev–Trinajstić information content (AvgIpc) is 2.99. The Morgan fingerprint density at radius 1 is 0.977 bits per heavy atom. The predicted molar refractivity (Wildman–Crippen MR) is 160 cm³/mol. The van der Waals surface area contributed by atoms with Crippen molar-refractivity contribution >= 4 is 17.6 Å². The highest BCUT2D eigenvalue weighted by Crippen LogP contribution is 2.38. The number of amides is 1. The molecule has 230 valence electrons. The molecule has 1 aliphatic rings. The quantitative estimate of drug-likeness (QED) is 0.168. The molecule has 0 radical (unpaired) electrons. The second-order valence-electron chi connectivity index (χ2n) is 11.0. The first-order chi connectivity index (χ1) is 20.7. The summed E-state index contributed by atoms with van der Waals surface area (Å²) in [5.41, 5.74) is 3.69. The number of likely N-dealkylation sites (N-methyl/N-ethyl adjacent to an activating group) is 1. The second kappa shape index (κ2) is 15.6. The Labute approximate surface area is 251 Å². The zero-order valence-corrected chi connectivity index (χ0v) is 24.3. The molecule has 10 heteroatoms. The number of phenols is 1. The van der Waals surface area contributed by atoms with E-state index in [1.807, 2.05) is 54.4 Å². The van der Waals surface area contributed by atoms with E-state index in [1.54, 1.807) is 30.3 Å². The van der Waals surface area contributed by atoms with Crippen LogP contribution < -0.4 is 5.32 Å². The number of aliphatic hydroxyl groups is 2. The van der Waals surface area contributed by atoms with Crippen molar-refractivity contribution in [3.8, 4) is 5.75 Å². The first-order valence-corrected chi connectivity index (χ1v) is 14.5. The van der Waals surface area contributed by atoms with E-state index in [0.29, 0.717) is 43.6 Å². The molecule has 10 nitrogen and oxygen atoms in total. The molecule has 0 spiro atoms. The summed E-state index contributed by atoms with van der Waals surface area (Å²) in [6, 6.07) is 21.5. The molecule has 0 aromatic heterocycles. The smallest absolute Gasteiger partial charge is 0.303 e. The molecule has 0 bridgehead atoms. The maximum atomic E-state index is 12.4. The van der Waals surface area contributed by atoms with Crippen molar-refractivity contribution in [1.29, 1.82) is 0 Å². The fourth-order valence-electron chi connectivity index (χ4n) is 5.14. The van der Waals surface area contributed by atoms with Gasteiger partial charge in [-0.3, -0.25) is 9.59 Å².